The molecule has 6 heteroatoms. The zero-order chi connectivity index (χ0) is 12.3. The first-order valence-electron chi connectivity index (χ1n) is 5.02. The first kappa shape index (κ1) is 11.2. The Morgan fingerprint density at radius 1 is 1.41 bits per heavy atom. The van der Waals surface area contributed by atoms with Gasteiger partial charge in [-0.15, -0.1) is 12.3 Å². The Morgan fingerprint density at radius 2 is 2.12 bits per heavy atom. The summed E-state index contributed by atoms with van der Waals surface area (Å²) in [5, 5.41) is 3.76. The molecule has 17 heavy (non-hydrogen) atoms. The van der Waals surface area contributed by atoms with Gasteiger partial charge in [0, 0.05) is 18.8 Å². The molecule has 0 aliphatic carbocycles. The quantitative estimate of drug-likeness (QED) is 0.785. The van der Waals surface area contributed by atoms with Crippen molar-refractivity contribution in [2.75, 3.05) is 0 Å². The Balaban J connectivity index is 2.24. The van der Waals surface area contributed by atoms with E-state index in [-0.39, 0.29) is 0 Å². The SMILES string of the molecule is C#CCC(N)c1nc(-c2ncc(C)cn2)no1. The van der Waals surface area contributed by atoms with Crippen LogP contribution in [0.3, 0.4) is 0 Å². The van der Waals surface area contributed by atoms with Crippen LogP contribution < -0.4 is 5.73 Å². The maximum atomic E-state index is 5.74. The molecule has 0 fully saturated rings. The molecule has 0 radical (unpaired) electrons. The van der Waals surface area contributed by atoms with Gasteiger partial charge in [0.25, 0.3) is 0 Å². The molecule has 0 saturated heterocycles. The van der Waals surface area contributed by atoms with Crippen molar-refractivity contribution in [2.24, 2.45) is 5.73 Å². The second kappa shape index (κ2) is 4.72. The minimum atomic E-state index is -0.452. The molecule has 0 aliphatic rings. The number of nitrogens with zero attached hydrogens (tertiary/aromatic N) is 4. The van der Waals surface area contributed by atoms with Crippen LogP contribution in [-0.2, 0) is 0 Å². The molecule has 2 heterocycles. The van der Waals surface area contributed by atoms with Crippen LogP contribution in [0.5, 0.6) is 0 Å². The van der Waals surface area contributed by atoms with E-state index in [1.165, 1.54) is 0 Å². The highest BCUT2D eigenvalue weighted by Crippen LogP contribution is 2.15. The second-order valence-electron chi connectivity index (χ2n) is 3.55. The fraction of sp³-hybridized carbons (Fsp3) is 0.273. The van der Waals surface area contributed by atoms with Gasteiger partial charge < -0.3 is 10.3 Å². The molecule has 2 aromatic heterocycles. The van der Waals surface area contributed by atoms with Gasteiger partial charge in [-0.25, -0.2) is 9.97 Å². The molecule has 2 N–H and O–H groups in total. The van der Waals surface area contributed by atoms with Gasteiger partial charge in [0.2, 0.25) is 17.5 Å². The number of rotatable bonds is 3. The molecule has 6 nitrogen and oxygen atoms in total. The number of hydrogen-bond donors (Lipinski definition) is 1. The number of hydrogen-bond acceptors (Lipinski definition) is 6. The normalized spacial score (nSPS) is 12.1. The summed E-state index contributed by atoms with van der Waals surface area (Å²) in [7, 11) is 0. The molecule has 0 aliphatic heterocycles. The lowest BCUT2D eigenvalue weighted by Crippen LogP contribution is -2.09. The van der Waals surface area contributed by atoms with E-state index in [1.807, 2.05) is 6.92 Å². The standard InChI is InChI=1S/C11H11N5O/c1-3-4-8(12)11-15-10(16-17-11)9-13-5-7(2)6-14-9/h1,5-6,8H,4,12H2,2H3. The Hall–Kier alpha value is -2.26. The Kier molecular flexibility index (Phi) is 3.12. The fourth-order valence-electron chi connectivity index (χ4n) is 1.20. The Labute approximate surface area is 98.3 Å². The average Bonchev–Trinajstić information content (AvgIpc) is 2.80. The molecular weight excluding hydrogens is 218 g/mol. The average molecular weight is 229 g/mol. The summed E-state index contributed by atoms with van der Waals surface area (Å²) in [5.74, 6) is 3.45. The van der Waals surface area contributed by atoms with Gasteiger partial charge in [-0.05, 0) is 12.5 Å². The maximum Gasteiger partial charge on any atom is 0.244 e. The van der Waals surface area contributed by atoms with Crippen molar-refractivity contribution in [1.29, 1.82) is 0 Å². The van der Waals surface area contributed by atoms with E-state index >= 15 is 0 Å². The van der Waals surface area contributed by atoms with E-state index in [9.17, 15) is 0 Å². The topological polar surface area (TPSA) is 90.7 Å². The van der Waals surface area contributed by atoms with Crippen LogP contribution in [0, 0.1) is 19.3 Å². The van der Waals surface area contributed by atoms with Crippen LogP contribution in [0.1, 0.15) is 23.9 Å². The second-order valence-corrected chi connectivity index (χ2v) is 3.55. The van der Waals surface area contributed by atoms with Gasteiger partial charge in [0.15, 0.2) is 0 Å². The summed E-state index contributed by atoms with van der Waals surface area (Å²) >= 11 is 0. The number of aryl methyl sites for hydroxylation is 1. The summed E-state index contributed by atoms with van der Waals surface area (Å²) in [4.78, 5) is 12.3. The minimum absolute atomic E-state index is 0.294. The van der Waals surface area contributed by atoms with Crippen molar-refractivity contribution in [3.8, 4) is 24.0 Å². The van der Waals surface area contributed by atoms with Crippen molar-refractivity contribution in [1.82, 2.24) is 20.1 Å². The summed E-state index contributed by atoms with van der Waals surface area (Å²) in [6.45, 7) is 1.90. The van der Waals surface area contributed by atoms with Crippen molar-refractivity contribution >= 4 is 0 Å². The predicted molar refractivity (Wildman–Crippen MR) is 60.4 cm³/mol. The van der Waals surface area contributed by atoms with Crippen LogP contribution in [0.15, 0.2) is 16.9 Å². The first-order valence-corrected chi connectivity index (χ1v) is 5.02. The summed E-state index contributed by atoms with van der Waals surface area (Å²) in [6.07, 6.45) is 8.86. The number of nitrogens with two attached hydrogens (primary N) is 1. The van der Waals surface area contributed by atoms with Crippen LogP contribution in [0.2, 0.25) is 0 Å². The van der Waals surface area contributed by atoms with E-state index in [1.54, 1.807) is 12.4 Å². The lowest BCUT2D eigenvalue weighted by molar-refractivity contribution is 0.356. The molecule has 0 spiro atoms. The smallest absolute Gasteiger partial charge is 0.244 e. The zero-order valence-electron chi connectivity index (χ0n) is 9.29. The van der Waals surface area contributed by atoms with Gasteiger partial charge in [-0.1, -0.05) is 5.16 Å². The lowest BCUT2D eigenvalue weighted by Gasteiger charge is -1.98. The minimum Gasteiger partial charge on any atom is -0.337 e. The van der Waals surface area contributed by atoms with Crippen LogP contribution in [0.4, 0.5) is 0 Å². The summed E-state index contributed by atoms with van der Waals surface area (Å²) in [6, 6.07) is -0.452. The first-order chi connectivity index (χ1) is 8.20. The third kappa shape index (κ3) is 2.46. The molecule has 0 aromatic carbocycles. The number of terminal acetylenes is 1. The van der Waals surface area contributed by atoms with E-state index in [0.29, 0.717) is 24.0 Å². The van der Waals surface area contributed by atoms with Crippen LogP contribution in [0.25, 0.3) is 11.6 Å². The van der Waals surface area contributed by atoms with Crippen molar-refractivity contribution in [3.05, 3.63) is 23.8 Å². The van der Waals surface area contributed by atoms with E-state index in [4.69, 9.17) is 16.7 Å². The highest BCUT2D eigenvalue weighted by molar-refractivity contribution is 5.41. The monoisotopic (exact) mass is 229 g/mol. The Morgan fingerprint density at radius 3 is 2.76 bits per heavy atom. The van der Waals surface area contributed by atoms with Crippen molar-refractivity contribution in [2.45, 2.75) is 19.4 Å². The van der Waals surface area contributed by atoms with Gasteiger partial charge in [0.05, 0.1) is 6.04 Å². The Bertz CT molecular complexity index is 540. The van der Waals surface area contributed by atoms with E-state index in [0.717, 1.165) is 5.56 Å². The highest BCUT2D eigenvalue weighted by atomic mass is 16.5. The van der Waals surface area contributed by atoms with Gasteiger partial charge in [-0.3, -0.25) is 0 Å². The van der Waals surface area contributed by atoms with Crippen molar-refractivity contribution < 1.29 is 4.52 Å². The summed E-state index contributed by atoms with van der Waals surface area (Å²) < 4.78 is 5.00. The number of aromatic nitrogens is 4. The van der Waals surface area contributed by atoms with Crippen LogP contribution in [-0.4, -0.2) is 20.1 Å². The fourth-order valence-corrected chi connectivity index (χ4v) is 1.20. The molecule has 0 saturated carbocycles. The molecule has 0 amide bonds. The predicted octanol–water partition coefficient (Wildman–Crippen LogP) is 0.858. The molecule has 0 bridgehead atoms. The maximum absolute atomic E-state index is 5.74. The molecule has 2 rings (SSSR count). The molecule has 2 aromatic rings. The molecule has 1 atom stereocenters. The lowest BCUT2D eigenvalue weighted by atomic mass is 10.2. The zero-order valence-corrected chi connectivity index (χ0v) is 9.29. The van der Waals surface area contributed by atoms with Crippen LogP contribution >= 0.6 is 0 Å². The van der Waals surface area contributed by atoms with E-state index in [2.05, 4.69) is 26.0 Å². The van der Waals surface area contributed by atoms with Gasteiger partial charge in [0.1, 0.15) is 0 Å². The third-order valence-electron chi connectivity index (χ3n) is 2.08. The van der Waals surface area contributed by atoms with Gasteiger partial charge in [-0.2, -0.15) is 4.98 Å². The van der Waals surface area contributed by atoms with E-state index < -0.39 is 6.04 Å². The highest BCUT2D eigenvalue weighted by Gasteiger charge is 2.15. The molecule has 86 valence electrons. The van der Waals surface area contributed by atoms with Gasteiger partial charge >= 0.3 is 0 Å². The molecular formula is C11H11N5O. The summed E-state index contributed by atoms with van der Waals surface area (Å²) in [5.41, 5.74) is 6.70. The largest absolute Gasteiger partial charge is 0.337 e. The molecule has 1 unspecified atom stereocenters. The third-order valence-corrected chi connectivity index (χ3v) is 2.08. The van der Waals surface area contributed by atoms with Crippen molar-refractivity contribution in [3.63, 3.8) is 0 Å².